The summed E-state index contributed by atoms with van der Waals surface area (Å²) in [6, 6.07) is 7.21. The number of aliphatic hydroxyl groups excluding tert-OH is 1. The number of benzene rings is 1. The van der Waals surface area contributed by atoms with E-state index in [1.54, 1.807) is 19.1 Å². The van der Waals surface area contributed by atoms with E-state index < -0.39 is 18.0 Å². The summed E-state index contributed by atoms with van der Waals surface area (Å²) < 4.78 is 0. The van der Waals surface area contributed by atoms with Crippen molar-refractivity contribution in [2.45, 2.75) is 13.0 Å². The minimum Gasteiger partial charge on any atom is -0.478 e. The van der Waals surface area contributed by atoms with E-state index >= 15 is 0 Å². The van der Waals surface area contributed by atoms with E-state index in [4.69, 9.17) is 26.9 Å². The van der Waals surface area contributed by atoms with E-state index in [9.17, 15) is 9.59 Å². The summed E-state index contributed by atoms with van der Waals surface area (Å²) in [4.78, 5) is 19.1. The first-order valence-corrected chi connectivity index (χ1v) is 5.28. The van der Waals surface area contributed by atoms with Crippen LogP contribution in [0.4, 0.5) is 0 Å². The maximum atomic E-state index is 9.55. The third-order valence-corrected chi connectivity index (χ3v) is 1.93. The summed E-state index contributed by atoms with van der Waals surface area (Å²) in [5.74, 6) is -2.51. The largest absolute Gasteiger partial charge is 0.478 e. The lowest BCUT2D eigenvalue weighted by atomic mass is 10.1. The maximum Gasteiger partial charge on any atom is 0.328 e. The van der Waals surface area contributed by atoms with E-state index in [1.165, 1.54) is 0 Å². The van der Waals surface area contributed by atoms with Gasteiger partial charge in [0.2, 0.25) is 0 Å². The number of carboxylic acids is 2. The van der Waals surface area contributed by atoms with Crippen LogP contribution in [0.15, 0.2) is 36.4 Å². The molecule has 1 rings (SSSR count). The van der Waals surface area contributed by atoms with E-state index in [1.807, 2.05) is 12.1 Å². The molecule has 0 saturated heterocycles. The Labute approximate surface area is 109 Å². The van der Waals surface area contributed by atoms with Crippen molar-refractivity contribution in [3.05, 3.63) is 47.0 Å². The number of carbonyl (C=O) groups is 2. The molecule has 98 valence electrons. The second-order valence-corrected chi connectivity index (χ2v) is 3.68. The lowest BCUT2D eigenvalue weighted by molar-refractivity contribution is -0.134. The van der Waals surface area contributed by atoms with Crippen LogP contribution in [0.2, 0.25) is 5.02 Å². The number of rotatable bonds is 3. The van der Waals surface area contributed by atoms with Crippen molar-refractivity contribution in [3.8, 4) is 0 Å². The fourth-order valence-corrected chi connectivity index (χ4v) is 1.11. The number of carboxylic acid groups (broad SMARTS) is 2. The summed E-state index contributed by atoms with van der Waals surface area (Å²) >= 11 is 5.68. The van der Waals surface area contributed by atoms with Crippen molar-refractivity contribution in [1.29, 1.82) is 0 Å². The summed E-state index contributed by atoms with van der Waals surface area (Å²) in [6.45, 7) is 1.71. The summed E-state index contributed by atoms with van der Waals surface area (Å²) in [6.07, 6.45) is 0.684. The van der Waals surface area contributed by atoms with Crippen molar-refractivity contribution >= 4 is 23.5 Å². The Morgan fingerprint density at radius 2 is 1.72 bits per heavy atom. The lowest BCUT2D eigenvalue weighted by Crippen LogP contribution is -1.91. The number of aliphatic hydroxyl groups is 1. The molecular weight excluding hydrogens is 260 g/mol. The predicted molar refractivity (Wildman–Crippen MR) is 66.5 cm³/mol. The van der Waals surface area contributed by atoms with E-state index in [2.05, 4.69) is 0 Å². The monoisotopic (exact) mass is 272 g/mol. The third-order valence-electron chi connectivity index (χ3n) is 1.70. The van der Waals surface area contributed by atoms with Gasteiger partial charge in [0.05, 0.1) is 6.10 Å². The topological polar surface area (TPSA) is 94.8 Å². The van der Waals surface area contributed by atoms with Crippen LogP contribution in [0.5, 0.6) is 0 Å². The van der Waals surface area contributed by atoms with Crippen LogP contribution in [-0.4, -0.2) is 27.3 Å². The van der Waals surface area contributed by atoms with Crippen molar-refractivity contribution in [2.24, 2.45) is 0 Å². The van der Waals surface area contributed by atoms with E-state index in [0.717, 1.165) is 5.56 Å². The minimum atomic E-state index is -1.26. The van der Waals surface area contributed by atoms with Gasteiger partial charge in [-0.15, -0.1) is 0 Å². The molecule has 0 saturated carbocycles. The zero-order valence-corrected chi connectivity index (χ0v) is 10.3. The van der Waals surface area contributed by atoms with Crippen molar-refractivity contribution < 1.29 is 24.9 Å². The van der Waals surface area contributed by atoms with Gasteiger partial charge in [0.15, 0.2) is 0 Å². The Kier molecular flexibility index (Phi) is 7.42. The van der Waals surface area contributed by atoms with E-state index in [-0.39, 0.29) is 0 Å². The highest BCUT2D eigenvalue weighted by molar-refractivity contribution is 6.30. The van der Waals surface area contributed by atoms with Gasteiger partial charge in [-0.3, -0.25) is 0 Å². The number of aliphatic carboxylic acids is 2. The average molecular weight is 273 g/mol. The third kappa shape index (κ3) is 8.32. The summed E-state index contributed by atoms with van der Waals surface area (Å²) in [5, 5.41) is 25.4. The molecule has 0 bridgehead atoms. The van der Waals surface area contributed by atoms with Crippen molar-refractivity contribution in [2.75, 3.05) is 0 Å². The van der Waals surface area contributed by atoms with Crippen LogP contribution in [0.25, 0.3) is 0 Å². The van der Waals surface area contributed by atoms with Gasteiger partial charge in [0, 0.05) is 17.2 Å². The Balaban J connectivity index is 0.000000331. The van der Waals surface area contributed by atoms with Gasteiger partial charge >= 0.3 is 11.9 Å². The van der Waals surface area contributed by atoms with Crippen LogP contribution < -0.4 is 0 Å². The average Bonchev–Trinajstić information content (AvgIpc) is 2.27. The molecule has 3 N–H and O–H groups in total. The van der Waals surface area contributed by atoms with Crippen LogP contribution in [0.3, 0.4) is 0 Å². The molecule has 1 aromatic carbocycles. The summed E-state index contributed by atoms with van der Waals surface area (Å²) in [7, 11) is 0. The van der Waals surface area contributed by atoms with Crippen LogP contribution in [0.1, 0.15) is 18.6 Å². The van der Waals surface area contributed by atoms with E-state index in [0.29, 0.717) is 17.2 Å². The van der Waals surface area contributed by atoms with Crippen molar-refractivity contribution in [1.82, 2.24) is 0 Å². The van der Waals surface area contributed by atoms with Crippen LogP contribution in [-0.2, 0) is 9.59 Å². The molecule has 0 aliphatic heterocycles. The number of halogens is 1. The van der Waals surface area contributed by atoms with Crippen LogP contribution >= 0.6 is 11.6 Å². The highest BCUT2D eigenvalue weighted by Gasteiger charge is 1.98. The fraction of sp³-hybridized carbons (Fsp3) is 0.167. The molecule has 0 aliphatic rings. The second-order valence-electron chi connectivity index (χ2n) is 3.24. The fourth-order valence-electron chi connectivity index (χ4n) is 0.909. The molecule has 0 radical (unpaired) electrons. The van der Waals surface area contributed by atoms with Gasteiger partial charge in [-0.05, 0) is 24.6 Å². The molecule has 1 atom stereocenters. The maximum absolute atomic E-state index is 9.55. The Bertz CT molecular complexity index is 424. The highest BCUT2D eigenvalue weighted by Crippen LogP contribution is 2.16. The molecule has 5 nitrogen and oxygen atoms in total. The standard InChI is InChI=1S/C8H9ClO.C4H4O4/c1-6(10)7-3-2-4-8(9)5-7;5-3(6)1-2-4(7)8/h2-6,10H,1H3;1-2H,(H,5,6)(H,7,8)/b;2-1+/t6-;/m1./s1. The van der Waals surface area contributed by atoms with Crippen LogP contribution in [0, 0.1) is 0 Å². The molecule has 0 spiro atoms. The van der Waals surface area contributed by atoms with Crippen molar-refractivity contribution in [3.63, 3.8) is 0 Å². The minimum absolute atomic E-state index is 0.432. The quantitative estimate of drug-likeness (QED) is 0.733. The molecule has 1 aromatic rings. The first-order chi connectivity index (χ1) is 8.32. The first kappa shape index (κ1) is 16.1. The Morgan fingerprint density at radius 1 is 1.22 bits per heavy atom. The molecule has 6 heteroatoms. The SMILES string of the molecule is C[C@@H](O)c1cccc(Cl)c1.O=C(O)/C=C/C(=O)O. The molecule has 0 unspecified atom stereocenters. The van der Waals surface area contributed by atoms with Gasteiger partial charge < -0.3 is 15.3 Å². The molecule has 0 aliphatic carbocycles. The first-order valence-electron chi connectivity index (χ1n) is 4.90. The lowest BCUT2D eigenvalue weighted by Gasteiger charge is -2.02. The molecule has 0 aromatic heterocycles. The highest BCUT2D eigenvalue weighted by atomic mass is 35.5. The van der Waals surface area contributed by atoms with Gasteiger partial charge in [-0.1, -0.05) is 23.7 Å². The molecule has 0 fully saturated rings. The number of hydrogen-bond acceptors (Lipinski definition) is 3. The normalized spacial score (nSPS) is 11.5. The zero-order valence-electron chi connectivity index (χ0n) is 9.58. The smallest absolute Gasteiger partial charge is 0.328 e. The van der Waals surface area contributed by atoms with Gasteiger partial charge in [0.1, 0.15) is 0 Å². The Morgan fingerprint density at radius 3 is 2.00 bits per heavy atom. The van der Waals surface area contributed by atoms with Gasteiger partial charge in [-0.2, -0.15) is 0 Å². The zero-order chi connectivity index (χ0) is 14.1. The Hall–Kier alpha value is -1.85. The molecular formula is C12H13ClO5. The molecule has 0 amide bonds. The summed E-state index contributed by atoms with van der Waals surface area (Å²) in [5.41, 5.74) is 0.854. The molecule has 0 heterocycles. The second kappa shape index (κ2) is 8.27. The predicted octanol–water partition coefficient (Wildman–Crippen LogP) is 2.11. The molecule has 18 heavy (non-hydrogen) atoms. The number of hydrogen-bond donors (Lipinski definition) is 3. The van der Waals surface area contributed by atoms with Gasteiger partial charge in [-0.25, -0.2) is 9.59 Å². The van der Waals surface area contributed by atoms with Gasteiger partial charge in [0.25, 0.3) is 0 Å².